The van der Waals surface area contributed by atoms with Gasteiger partial charge in [-0.25, -0.2) is 5.10 Å². The second-order valence-corrected chi connectivity index (χ2v) is 4.22. The SMILES string of the molecule is COc1ccccc1C(C)Cc1n[nH]c(=S)o1. The molecule has 4 nitrogen and oxygen atoms in total. The molecule has 0 bridgehead atoms. The van der Waals surface area contributed by atoms with Gasteiger partial charge in [0.1, 0.15) is 5.75 Å². The van der Waals surface area contributed by atoms with Gasteiger partial charge >= 0.3 is 0 Å². The predicted molar refractivity (Wildman–Crippen MR) is 66.8 cm³/mol. The third-order valence-corrected chi connectivity index (χ3v) is 2.81. The van der Waals surface area contributed by atoms with Gasteiger partial charge in [0.15, 0.2) is 0 Å². The van der Waals surface area contributed by atoms with Gasteiger partial charge < -0.3 is 9.15 Å². The maximum Gasteiger partial charge on any atom is 0.284 e. The Bertz CT molecular complexity index is 547. The number of nitrogens with one attached hydrogen (secondary N) is 1. The molecule has 0 saturated carbocycles. The van der Waals surface area contributed by atoms with Crippen molar-refractivity contribution in [1.29, 1.82) is 0 Å². The van der Waals surface area contributed by atoms with Crippen molar-refractivity contribution in [1.82, 2.24) is 10.2 Å². The maximum absolute atomic E-state index is 5.33. The van der Waals surface area contributed by atoms with Crippen molar-refractivity contribution < 1.29 is 9.15 Å². The van der Waals surface area contributed by atoms with E-state index < -0.39 is 0 Å². The molecule has 0 spiro atoms. The number of ether oxygens (including phenoxy) is 1. The van der Waals surface area contributed by atoms with Gasteiger partial charge in [0.2, 0.25) is 5.89 Å². The van der Waals surface area contributed by atoms with Gasteiger partial charge in [-0.1, -0.05) is 25.1 Å². The Hall–Kier alpha value is -1.62. The molecule has 1 unspecified atom stereocenters. The summed E-state index contributed by atoms with van der Waals surface area (Å²) in [7, 11) is 1.67. The molecular formula is C12H14N2O2S. The van der Waals surface area contributed by atoms with Crippen molar-refractivity contribution in [2.75, 3.05) is 7.11 Å². The van der Waals surface area contributed by atoms with Gasteiger partial charge in [0.05, 0.1) is 7.11 Å². The predicted octanol–water partition coefficient (Wildman–Crippen LogP) is 3.09. The molecule has 2 aromatic rings. The molecule has 1 heterocycles. The van der Waals surface area contributed by atoms with Crippen LogP contribution in [0, 0.1) is 4.84 Å². The Labute approximate surface area is 105 Å². The molecule has 1 N–H and O–H groups in total. The lowest BCUT2D eigenvalue weighted by Gasteiger charge is -2.13. The summed E-state index contributed by atoms with van der Waals surface area (Å²) in [4.78, 5) is 0.312. The molecule has 1 atom stereocenters. The summed E-state index contributed by atoms with van der Waals surface area (Å²) in [6.07, 6.45) is 0.688. The number of methoxy groups -OCH3 is 1. The average Bonchev–Trinajstić information content (AvgIpc) is 2.74. The van der Waals surface area contributed by atoms with E-state index in [9.17, 15) is 0 Å². The third kappa shape index (κ3) is 2.74. The minimum absolute atomic E-state index is 0.257. The van der Waals surface area contributed by atoms with Gasteiger partial charge in [-0.2, -0.15) is 0 Å². The number of hydrogen-bond acceptors (Lipinski definition) is 4. The van der Waals surface area contributed by atoms with Crippen LogP contribution in [0.15, 0.2) is 28.7 Å². The highest BCUT2D eigenvalue weighted by Gasteiger charge is 2.14. The molecule has 0 aliphatic heterocycles. The van der Waals surface area contributed by atoms with Gasteiger partial charge in [-0.15, -0.1) is 5.10 Å². The lowest BCUT2D eigenvalue weighted by molar-refractivity contribution is 0.403. The van der Waals surface area contributed by atoms with Crippen LogP contribution in [0.25, 0.3) is 0 Å². The largest absolute Gasteiger partial charge is 0.496 e. The van der Waals surface area contributed by atoms with E-state index in [0.29, 0.717) is 17.1 Å². The number of rotatable bonds is 4. The first-order valence-electron chi connectivity index (χ1n) is 5.38. The second kappa shape index (κ2) is 5.14. The summed E-state index contributed by atoms with van der Waals surface area (Å²) >= 11 is 4.84. The first kappa shape index (κ1) is 11.9. The minimum atomic E-state index is 0.257. The fourth-order valence-corrected chi connectivity index (χ4v) is 1.94. The standard InChI is InChI=1S/C12H14N2O2S/c1-8(7-11-13-14-12(17)16-11)9-5-3-4-6-10(9)15-2/h3-6,8H,7H2,1-2H3,(H,14,17). The number of hydrogen-bond donors (Lipinski definition) is 1. The highest BCUT2D eigenvalue weighted by Crippen LogP contribution is 2.28. The van der Waals surface area contributed by atoms with Crippen molar-refractivity contribution in [3.63, 3.8) is 0 Å². The zero-order chi connectivity index (χ0) is 12.3. The molecular weight excluding hydrogens is 236 g/mol. The monoisotopic (exact) mass is 250 g/mol. The van der Waals surface area contributed by atoms with E-state index in [4.69, 9.17) is 21.4 Å². The van der Waals surface area contributed by atoms with Crippen LogP contribution in [0.2, 0.25) is 0 Å². The molecule has 0 aliphatic rings. The smallest absolute Gasteiger partial charge is 0.284 e. The minimum Gasteiger partial charge on any atom is -0.496 e. The Balaban J connectivity index is 2.19. The molecule has 0 radical (unpaired) electrons. The molecule has 0 fully saturated rings. The number of aromatic nitrogens is 2. The summed E-state index contributed by atoms with van der Waals surface area (Å²) in [5, 5.41) is 6.62. The third-order valence-electron chi connectivity index (χ3n) is 2.63. The van der Waals surface area contributed by atoms with Gasteiger partial charge in [0.25, 0.3) is 4.84 Å². The summed E-state index contributed by atoms with van der Waals surface area (Å²) < 4.78 is 10.6. The molecule has 1 aromatic heterocycles. The lowest BCUT2D eigenvalue weighted by Crippen LogP contribution is -2.01. The Morgan fingerprint density at radius 3 is 2.88 bits per heavy atom. The summed E-state index contributed by atoms with van der Waals surface area (Å²) in [5.41, 5.74) is 1.14. The first-order chi connectivity index (χ1) is 8.20. The zero-order valence-electron chi connectivity index (χ0n) is 9.77. The van der Waals surface area contributed by atoms with E-state index in [0.717, 1.165) is 11.3 Å². The van der Waals surface area contributed by atoms with Crippen molar-refractivity contribution in [2.24, 2.45) is 0 Å². The van der Waals surface area contributed by atoms with E-state index in [1.807, 2.05) is 24.3 Å². The van der Waals surface area contributed by atoms with Gasteiger partial charge in [0, 0.05) is 6.42 Å². The van der Waals surface area contributed by atoms with Crippen LogP contribution in [-0.2, 0) is 6.42 Å². The number of para-hydroxylation sites is 1. The van der Waals surface area contributed by atoms with E-state index in [1.54, 1.807) is 7.11 Å². The number of nitrogens with zero attached hydrogens (tertiary/aromatic N) is 1. The fraction of sp³-hybridized carbons (Fsp3) is 0.333. The number of H-pyrrole nitrogens is 1. The first-order valence-corrected chi connectivity index (χ1v) is 5.79. The van der Waals surface area contributed by atoms with Crippen LogP contribution >= 0.6 is 12.2 Å². The van der Waals surface area contributed by atoms with E-state index >= 15 is 0 Å². The highest BCUT2D eigenvalue weighted by molar-refractivity contribution is 7.71. The normalized spacial score (nSPS) is 12.4. The Morgan fingerprint density at radius 1 is 1.47 bits per heavy atom. The van der Waals surface area contributed by atoms with Crippen molar-refractivity contribution in [3.8, 4) is 5.75 Å². The molecule has 5 heteroatoms. The molecule has 0 amide bonds. The fourth-order valence-electron chi connectivity index (χ4n) is 1.79. The van der Waals surface area contributed by atoms with Crippen molar-refractivity contribution in [2.45, 2.75) is 19.3 Å². The second-order valence-electron chi connectivity index (χ2n) is 3.85. The molecule has 0 saturated heterocycles. The summed E-state index contributed by atoms with van der Waals surface area (Å²) in [5.74, 6) is 1.76. The van der Waals surface area contributed by atoms with E-state index in [2.05, 4.69) is 17.1 Å². The average molecular weight is 250 g/mol. The molecule has 1 aromatic carbocycles. The number of benzene rings is 1. The van der Waals surface area contributed by atoms with E-state index in [1.165, 1.54) is 0 Å². The zero-order valence-corrected chi connectivity index (χ0v) is 10.6. The lowest BCUT2D eigenvalue weighted by atomic mass is 9.97. The summed E-state index contributed by atoms with van der Waals surface area (Å²) in [6, 6.07) is 7.95. The topological polar surface area (TPSA) is 51.0 Å². The van der Waals surface area contributed by atoms with Crippen LogP contribution in [0.3, 0.4) is 0 Å². The highest BCUT2D eigenvalue weighted by atomic mass is 32.1. The quantitative estimate of drug-likeness (QED) is 0.847. The Kier molecular flexibility index (Phi) is 3.58. The molecule has 17 heavy (non-hydrogen) atoms. The van der Waals surface area contributed by atoms with Crippen LogP contribution in [0.5, 0.6) is 5.75 Å². The van der Waals surface area contributed by atoms with E-state index in [-0.39, 0.29) is 5.92 Å². The van der Waals surface area contributed by atoms with Crippen LogP contribution in [0.4, 0.5) is 0 Å². The molecule has 2 rings (SSSR count). The Morgan fingerprint density at radius 2 is 2.24 bits per heavy atom. The molecule has 90 valence electrons. The van der Waals surface area contributed by atoms with Crippen molar-refractivity contribution in [3.05, 3.63) is 40.6 Å². The molecule has 0 aliphatic carbocycles. The van der Waals surface area contributed by atoms with Gasteiger partial charge in [-0.3, -0.25) is 0 Å². The maximum atomic E-state index is 5.33. The van der Waals surface area contributed by atoms with Gasteiger partial charge in [-0.05, 0) is 29.8 Å². The van der Waals surface area contributed by atoms with Crippen LogP contribution in [0.1, 0.15) is 24.3 Å². The van der Waals surface area contributed by atoms with Crippen molar-refractivity contribution >= 4 is 12.2 Å². The van der Waals surface area contributed by atoms with Crippen LogP contribution < -0.4 is 4.74 Å². The van der Waals surface area contributed by atoms with Crippen LogP contribution in [-0.4, -0.2) is 17.3 Å². The number of aromatic amines is 1. The summed E-state index contributed by atoms with van der Waals surface area (Å²) in [6.45, 7) is 2.10.